The molecule has 0 saturated heterocycles. The van der Waals surface area contributed by atoms with Crippen molar-refractivity contribution in [2.24, 2.45) is 0 Å². The molecule has 76 valence electrons. The van der Waals surface area contributed by atoms with Crippen LogP contribution in [0.4, 0.5) is 0 Å². The first-order chi connectivity index (χ1) is 5.34. The number of halogens is 2. The third-order valence-corrected chi connectivity index (χ3v) is 1.43. The van der Waals surface area contributed by atoms with Gasteiger partial charge in [0, 0.05) is 12.7 Å². The van der Waals surface area contributed by atoms with E-state index in [0.29, 0.717) is 12.2 Å². The van der Waals surface area contributed by atoms with E-state index in [-0.39, 0.29) is 24.8 Å². The first-order valence-corrected chi connectivity index (χ1v) is 3.58. The first-order valence-electron chi connectivity index (χ1n) is 3.58. The molecular weight excluding hydrogens is 211 g/mol. The molecule has 2 N–H and O–H groups in total. The number of hydrogen-bond acceptors (Lipinski definition) is 3. The number of aliphatic hydroxyl groups is 1. The van der Waals surface area contributed by atoms with Crippen LogP contribution in [0.5, 0.6) is 0 Å². The van der Waals surface area contributed by atoms with Gasteiger partial charge in [0.2, 0.25) is 0 Å². The van der Waals surface area contributed by atoms with E-state index in [2.05, 4.69) is 10.3 Å². The number of nitrogens with zero attached hydrogens (tertiary/aromatic N) is 1. The molecule has 1 heterocycles. The molecule has 1 rings (SSSR count). The largest absolute Gasteiger partial charge is 0.385 e. The standard InChI is InChI=1S/C8H12N2O.2ClH/c1-9-6-8(11)7-4-2-3-5-10-7;;/h2-5,8-9,11H,6H2,1H3;2*1H/t8-;;/m1../s1. The van der Waals surface area contributed by atoms with E-state index in [4.69, 9.17) is 0 Å². The molecule has 13 heavy (non-hydrogen) atoms. The van der Waals surface area contributed by atoms with Gasteiger partial charge in [-0.05, 0) is 19.2 Å². The van der Waals surface area contributed by atoms with E-state index in [1.807, 2.05) is 18.2 Å². The number of aromatic nitrogens is 1. The van der Waals surface area contributed by atoms with Crippen molar-refractivity contribution in [2.75, 3.05) is 13.6 Å². The molecule has 3 nitrogen and oxygen atoms in total. The maximum atomic E-state index is 9.40. The summed E-state index contributed by atoms with van der Waals surface area (Å²) in [7, 11) is 1.80. The van der Waals surface area contributed by atoms with Gasteiger partial charge in [0.15, 0.2) is 0 Å². The Bertz CT molecular complexity index is 209. The Hall–Kier alpha value is -0.350. The van der Waals surface area contributed by atoms with E-state index in [9.17, 15) is 5.11 Å². The number of aliphatic hydroxyl groups excluding tert-OH is 1. The highest BCUT2D eigenvalue weighted by molar-refractivity contribution is 5.85. The van der Waals surface area contributed by atoms with E-state index in [1.54, 1.807) is 13.2 Å². The summed E-state index contributed by atoms with van der Waals surface area (Å²) in [6.45, 7) is 0.539. The number of pyridine rings is 1. The van der Waals surface area contributed by atoms with Gasteiger partial charge in [-0.1, -0.05) is 6.07 Å². The molecule has 0 unspecified atom stereocenters. The van der Waals surface area contributed by atoms with Crippen LogP contribution in [-0.4, -0.2) is 23.7 Å². The molecule has 0 fully saturated rings. The maximum absolute atomic E-state index is 9.40. The van der Waals surface area contributed by atoms with Crippen LogP contribution >= 0.6 is 24.8 Å². The maximum Gasteiger partial charge on any atom is 0.108 e. The van der Waals surface area contributed by atoms with Crippen molar-refractivity contribution in [2.45, 2.75) is 6.10 Å². The lowest BCUT2D eigenvalue weighted by Gasteiger charge is -2.07. The molecule has 1 atom stereocenters. The minimum Gasteiger partial charge on any atom is -0.385 e. The topological polar surface area (TPSA) is 45.1 Å². The van der Waals surface area contributed by atoms with Gasteiger partial charge in [-0.3, -0.25) is 4.98 Å². The molecule has 0 bridgehead atoms. The number of likely N-dealkylation sites (N-methyl/N-ethyl adjacent to an activating group) is 1. The highest BCUT2D eigenvalue weighted by Crippen LogP contribution is 2.06. The fourth-order valence-electron chi connectivity index (χ4n) is 0.871. The van der Waals surface area contributed by atoms with Crippen molar-refractivity contribution < 1.29 is 5.11 Å². The second-order valence-corrected chi connectivity index (χ2v) is 2.33. The minimum atomic E-state index is -0.499. The molecule has 5 heteroatoms. The molecular formula is C8H14Cl2N2O. The summed E-state index contributed by atoms with van der Waals surface area (Å²) in [5.41, 5.74) is 0.710. The first kappa shape index (κ1) is 15.1. The van der Waals surface area contributed by atoms with Crippen molar-refractivity contribution in [3.05, 3.63) is 30.1 Å². The van der Waals surface area contributed by atoms with Gasteiger partial charge in [0.1, 0.15) is 6.10 Å². The Balaban J connectivity index is 0. The summed E-state index contributed by atoms with van der Waals surface area (Å²) < 4.78 is 0. The molecule has 0 radical (unpaired) electrons. The van der Waals surface area contributed by atoms with Gasteiger partial charge >= 0.3 is 0 Å². The molecule has 0 amide bonds. The smallest absolute Gasteiger partial charge is 0.108 e. The average Bonchev–Trinajstić information content (AvgIpc) is 2.07. The van der Waals surface area contributed by atoms with Crippen LogP contribution in [0, 0.1) is 0 Å². The van der Waals surface area contributed by atoms with E-state index < -0.39 is 6.10 Å². The lowest BCUT2D eigenvalue weighted by Crippen LogP contribution is -2.17. The summed E-state index contributed by atoms with van der Waals surface area (Å²) in [6, 6.07) is 5.50. The van der Waals surface area contributed by atoms with E-state index >= 15 is 0 Å². The third kappa shape index (κ3) is 5.05. The molecule has 0 saturated carbocycles. The second kappa shape index (κ2) is 8.26. The van der Waals surface area contributed by atoms with E-state index in [0.717, 1.165) is 0 Å². The van der Waals surface area contributed by atoms with Crippen LogP contribution in [0.25, 0.3) is 0 Å². The molecule has 0 aliphatic rings. The fraction of sp³-hybridized carbons (Fsp3) is 0.375. The van der Waals surface area contributed by atoms with Crippen molar-refractivity contribution in [3.8, 4) is 0 Å². The van der Waals surface area contributed by atoms with Gasteiger partial charge < -0.3 is 10.4 Å². The zero-order valence-electron chi connectivity index (χ0n) is 7.30. The van der Waals surface area contributed by atoms with Crippen molar-refractivity contribution in [3.63, 3.8) is 0 Å². The molecule has 1 aromatic heterocycles. The summed E-state index contributed by atoms with van der Waals surface area (Å²) in [5.74, 6) is 0. The Morgan fingerprint density at radius 1 is 1.46 bits per heavy atom. The Morgan fingerprint density at radius 3 is 2.62 bits per heavy atom. The Morgan fingerprint density at radius 2 is 2.15 bits per heavy atom. The van der Waals surface area contributed by atoms with Crippen LogP contribution in [0.2, 0.25) is 0 Å². The predicted molar refractivity (Wildman–Crippen MR) is 57.6 cm³/mol. The van der Waals surface area contributed by atoms with Crippen LogP contribution in [0.15, 0.2) is 24.4 Å². The number of hydrogen-bond donors (Lipinski definition) is 2. The summed E-state index contributed by atoms with van der Waals surface area (Å²) >= 11 is 0. The van der Waals surface area contributed by atoms with Crippen LogP contribution < -0.4 is 5.32 Å². The van der Waals surface area contributed by atoms with Crippen molar-refractivity contribution >= 4 is 24.8 Å². The van der Waals surface area contributed by atoms with Crippen LogP contribution in [0.3, 0.4) is 0 Å². The zero-order valence-corrected chi connectivity index (χ0v) is 8.94. The fourth-order valence-corrected chi connectivity index (χ4v) is 0.871. The molecule has 0 aromatic carbocycles. The Labute approximate surface area is 90.4 Å². The van der Waals surface area contributed by atoms with Gasteiger partial charge in [0.05, 0.1) is 5.69 Å². The normalized spacial score (nSPS) is 10.9. The molecule has 0 aliphatic heterocycles. The van der Waals surface area contributed by atoms with Crippen LogP contribution in [0.1, 0.15) is 11.8 Å². The van der Waals surface area contributed by atoms with Gasteiger partial charge in [-0.2, -0.15) is 0 Å². The van der Waals surface area contributed by atoms with Gasteiger partial charge in [-0.15, -0.1) is 24.8 Å². The van der Waals surface area contributed by atoms with E-state index in [1.165, 1.54) is 0 Å². The molecule has 0 spiro atoms. The van der Waals surface area contributed by atoms with Crippen LogP contribution in [-0.2, 0) is 0 Å². The molecule has 0 aliphatic carbocycles. The number of nitrogens with one attached hydrogen (secondary N) is 1. The average molecular weight is 225 g/mol. The molecule has 1 aromatic rings. The lowest BCUT2D eigenvalue weighted by molar-refractivity contribution is 0.173. The predicted octanol–water partition coefficient (Wildman–Crippen LogP) is 1.18. The summed E-state index contributed by atoms with van der Waals surface area (Å²) in [6.07, 6.45) is 1.18. The summed E-state index contributed by atoms with van der Waals surface area (Å²) in [4.78, 5) is 4.01. The van der Waals surface area contributed by atoms with Crippen molar-refractivity contribution in [1.29, 1.82) is 0 Å². The zero-order chi connectivity index (χ0) is 8.10. The lowest BCUT2D eigenvalue weighted by atomic mass is 10.2. The van der Waals surface area contributed by atoms with Gasteiger partial charge in [0.25, 0.3) is 0 Å². The minimum absolute atomic E-state index is 0. The van der Waals surface area contributed by atoms with Crippen molar-refractivity contribution in [1.82, 2.24) is 10.3 Å². The Kier molecular flexibility index (Phi) is 9.61. The summed E-state index contributed by atoms with van der Waals surface area (Å²) in [5, 5.41) is 12.3. The highest BCUT2D eigenvalue weighted by Gasteiger charge is 2.04. The number of rotatable bonds is 3. The second-order valence-electron chi connectivity index (χ2n) is 2.33. The quantitative estimate of drug-likeness (QED) is 0.811. The SMILES string of the molecule is CNC[C@@H](O)c1ccccn1.Cl.Cl. The monoisotopic (exact) mass is 224 g/mol. The highest BCUT2D eigenvalue weighted by atomic mass is 35.5. The third-order valence-electron chi connectivity index (χ3n) is 1.43. The van der Waals surface area contributed by atoms with Gasteiger partial charge in [-0.25, -0.2) is 0 Å².